The summed E-state index contributed by atoms with van der Waals surface area (Å²) in [5.41, 5.74) is 0.328. The second-order valence-electron chi connectivity index (χ2n) is 6.88. The van der Waals surface area contributed by atoms with Crippen LogP contribution in [0.5, 0.6) is 0 Å². The van der Waals surface area contributed by atoms with Gasteiger partial charge in [-0.15, -0.1) is 0 Å². The van der Waals surface area contributed by atoms with E-state index in [9.17, 15) is 5.26 Å². The molecule has 3 atom stereocenters. The fourth-order valence-electron chi connectivity index (χ4n) is 3.32. The van der Waals surface area contributed by atoms with Gasteiger partial charge in [0.2, 0.25) is 0 Å². The van der Waals surface area contributed by atoms with E-state index in [1.807, 2.05) is 0 Å². The molecule has 0 bridgehead atoms. The van der Waals surface area contributed by atoms with Gasteiger partial charge in [0.1, 0.15) is 0 Å². The Labute approximate surface area is 118 Å². The van der Waals surface area contributed by atoms with Crippen molar-refractivity contribution < 1.29 is 5.11 Å². The first-order valence-corrected chi connectivity index (χ1v) is 7.68. The normalized spacial score (nSPS) is 28.4. The molecule has 0 aromatic rings. The average Bonchev–Trinajstić information content (AvgIpc) is 2.38. The van der Waals surface area contributed by atoms with E-state index in [-0.39, 0.29) is 12.5 Å². The summed E-state index contributed by atoms with van der Waals surface area (Å²) in [6.07, 6.45) is 4.14. The molecule has 0 aliphatic heterocycles. The van der Waals surface area contributed by atoms with Crippen molar-refractivity contribution in [2.75, 3.05) is 19.7 Å². The summed E-state index contributed by atoms with van der Waals surface area (Å²) in [7, 11) is 0. The molecule has 3 unspecified atom stereocenters. The van der Waals surface area contributed by atoms with Gasteiger partial charge in [0.15, 0.2) is 0 Å². The van der Waals surface area contributed by atoms with Crippen LogP contribution in [0.25, 0.3) is 0 Å². The number of aliphatic hydroxyl groups is 1. The molecule has 0 heterocycles. The minimum absolute atomic E-state index is 0.164. The molecule has 0 amide bonds. The van der Waals surface area contributed by atoms with Crippen LogP contribution in [0.4, 0.5) is 0 Å². The smallest absolute Gasteiger partial charge is 0.0672 e. The van der Waals surface area contributed by atoms with Crippen LogP contribution < -0.4 is 0 Å². The van der Waals surface area contributed by atoms with Crippen molar-refractivity contribution in [3.8, 4) is 6.07 Å². The molecule has 1 rings (SSSR count). The van der Waals surface area contributed by atoms with E-state index in [1.54, 1.807) is 0 Å². The van der Waals surface area contributed by atoms with Crippen LogP contribution >= 0.6 is 0 Å². The van der Waals surface area contributed by atoms with E-state index in [4.69, 9.17) is 5.11 Å². The van der Waals surface area contributed by atoms with Gasteiger partial charge < -0.3 is 5.11 Å². The Morgan fingerprint density at radius 3 is 2.47 bits per heavy atom. The van der Waals surface area contributed by atoms with Crippen molar-refractivity contribution >= 4 is 0 Å². The third-order valence-electron chi connectivity index (χ3n) is 4.69. The van der Waals surface area contributed by atoms with E-state index < -0.39 is 0 Å². The maximum Gasteiger partial charge on any atom is 0.0672 e. The Bertz CT molecular complexity index is 303. The molecule has 3 heteroatoms. The number of nitriles is 1. The van der Waals surface area contributed by atoms with E-state index in [1.165, 1.54) is 6.42 Å². The zero-order valence-electron chi connectivity index (χ0n) is 13.0. The monoisotopic (exact) mass is 266 g/mol. The average molecular weight is 266 g/mol. The van der Waals surface area contributed by atoms with Gasteiger partial charge in [-0.2, -0.15) is 5.26 Å². The molecule has 1 fully saturated rings. The third kappa shape index (κ3) is 4.47. The van der Waals surface area contributed by atoms with Crippen LogP contribution in [-0.4, -0.2) is 35.7 Å². The molecule has 110 valence electrons. The van der Waals surface area contributed by atoms with Crippen LogP contribution in [-0.2, 0) is 0 Å². The van der Waals surface area contributed by atoms with Crippen molar-refractivity contribution in [2.45, 2.75) is 59.4 Å². The summed E-state index contributed by atoms with van der Waals surface area (Å²) in [5.74, 6) is 0.863. The lowest BCUT2D eigenvalue weighted by Crippen LogP contribution is -2.46. The highest BCUT2D eigenvalue weighted by Crippen LogP contribution is 2.41. The summed E-state index contributed by atoms with van der Waals surface area (Å²) >= 11 is 0. The molecule has 1 aliphatic carbocycles. The standard InChI is InChI=1S/C16H30N2O/c1-5-18(9-6-10-19)15-11-14(16(2,3)4)8-7-13(15)12-17/h13-15,19H,5-11H2,1-4H3. The van der Waals surface area contributed by atoms with E-state index in [0.29, 0.717) is 17.4 Å². The zero-order chi connectivity index (χ0) is 14.5. The third-order valence-corrected chi connectivity index (χ3v) is 4.69. The Kier molecular flexibility index (Phi) is 6.29. The highest BCUT2D eigenvalue weighted by Gasteiger charge is 2.38. The fourth-order valence-corrected chi connectivity index (χ4v) is 3.32. The number of hydrogen-bond acceptors (Lipinski definition) is 3. The molecule has 0 radical (unpaired) electrons. The molecule has 0 aromatic carbocycles. The molecule has 0 aromatic heterocycles. The minimum atomic E-state index is 0.164. The maximum absolute atomic E-state index is 9.39. The van der Waals surface area contributed by atoms with Crippen molar-refractivity contribution in [1.82, 2.24) is 4.90 Å². The summed E-state index contributed by atoms with van der Waals surface area (Å²) in [6, 6.07) is 2.89. The van der Waals surface area contributed by atoms with E-state index in [2.05, 4.69) is 38.7 Å². The predicted molar refractivity (Wildman–Crippen MR) is 78.6 cm³/mol. The van der Waals surface area contributed by atoms with Crippen LogP contribution in [0.3, 0.4) is 0 Å². The zero-order valence-corrected chi connectivity index (χ0v) is 13.0. The predicted octanol–water partition coefficient (Wildman–Crippen LogP) is 3.05. The molecular weight excluding hydrogens is 236 g/mol. The molecule has 1 saturated carbocycles. The first-order valence-electron chi connectivity index (χ1n) is 7.68. The van der Waals surface area contributed by atoms with Gasteiger partial charge in [0.05, 0.1) is 12.0 Å². The lowest BCUT2D eigenvalue weighted by atomic mass is 9.68. The number of hydrogen-bond donors (Lipinski definition) is 1. The highest BCUT2D eigenvalue weighted by atomic mass is 16.3. The second kappa shape index (κ2) is 7.26. The lowest BCUT2D eigenvalue weighted by Gasteiger charge is -2.44. The summed E-state index contributed by atoms with van der Waals surface area (Å²) in [6.45, 7) is 11.2. The fraction of sp³-hybridized carbons (Fsp3) is 0.938. The van der Waals surface area contributed by atoms with E-state index >= 15 is 0 Å². The largest absolute Gasteiger partial charge is 0.396 e. The summed E-state index contributed by atoms with van der Waals surface area (Å²) < 4.78 is 0. The van der Waals surface area contributed by atoms with Crippen molar-refractivity contribution in [3.05, 3.63) is 0 Å². The Hall–Kier alpha value is -0.590. The van der Waals surface area contributed by atoms with Crippen molar-refractivity contribution in [3.63, 3.8) is 0 Å². The summed E-state index contributed by atoms with van der Waals surface area (Å²) in [4.78, 5) is 2.40. The number of aliphatic hydroxyl groups excluding tert-OH is 1. The molecule has 19 heavy (non-hydrogen) atoms. The highest BCUT2D eigenvalue weighted by molar-refractivity contribution is 4.99. The Balaban J connectivity index is 2.76. The lowest BCUT2D eigenvalue weighted by molar-refractivity contribution is 0.0595. The first kappa shape index (κ1) is 16.5. The van der Waals surface area contributed by atoms with Gasteiger partial charge in [0, 0.05) is 19.2 Å². The van der Waals surface area contributed by atoms with Gasteiger partial charge in [-0.25, -0.2) is 0 Å². The molecule has 3 nitrogen and oxygen atoms in total. The van der Waals surface area contributed by atoms with Crippen LogP contribution in [0.15, 0.2) is 0 Å². The second-order valence-corrected chi connectivity index (χ2v) is 6.88. The van der Waals surface area contributed by atoms with Gasteiger partial charge in [-0.05, 0) is 43.6 Å². The Morgan fingerprint density at radius 2 is 2.00 bits per heavy atom. The Morgan fingerprint density at radius 1 is 1.32 bits per heavy atom. The first-order chi connectivity index (χ1) is 8.93. The topological polar surface area (TPSA) is 47.3 Å². The van der Waals surface area contributed by atoms with Gasteiger partial charge in [-0.1, -0.05) is 27.7 Å². The minimum Gasteiger partial charge on any atom is -0.396 e. The molecule has 0 saturated heterocycles. The molecule has 0 spiro atoms. The van der Waals surface area contributed by atoms with Crippen LogP contribution in [0, 0.1) is 28.6 Å². The molecular formula is C16H30N2O. The van der Waals surface area contributed by atoms with Crippen molar-refractivity contribution in [1.29, 1.82) is 5.26 Å². The molecule has 1 N–H and O–H groups in total. The quantitative estimate of drug-likeness (QED) is 0.832. The summed E-state index contributed by atoms with van der Waals surface area (Å²) in [5, 5.41) is 18.4. The maximum atomic E-state index is 9.39. The number of nitrogens with zero attached hydrogens (tertiary/aromatic N) is 2. The van der Waals surface area contributed by atoms with Crippen molar-refractivity contribution in [2.24, 2.45) is 17.3 Å². The van der Waals surface area contributed by atoms with Gasteiger partial charge in [0.25, 0.3) is 0 Å². The number of rotatable bonds is 5. The van der Waals surface area contributed by atoms with E-state index in [0.717, 1.165) is 32.4 Å². The SMILES string of the molecule is CCN(CCCO)C1CC(C(C)(C)C)CCC1C#N. The van der Waals surface area contributed by atoms with Crippen LogP contribution in [0.2, 0.25) is 0 Å². The van der Waals surface area contributed by atoms with Crippen LogP contribution in [0.1, 0.15) is 53.4 Å². The van der Waals surface area contributed by atoms with Gasteiger partial charge in [-0.3, -0.25) is 4.90 Å². The molecule has 1 aliphatic rings. The van der Waals surface area contributed by atoms with Gasteiger partial charge >= 0.3 is 0 Å².